The van der Waals surface area contributed by atoms with Gasteiger partial charge in [0.1, 0.15) is 5.82 Å². The third-order valence-corrected chi connectivity index (χ3v) is 3.70. The van der Waals surface area contributed by atoms with Crippen LogP contribution in [0.5, 0.6) is 0 Å². The van der Waals surface area contributed by atoms with Crippen molar-refractivity contribution < 1.29 is 18.3 Å². The maximum atomic E-state index is 13.7. The monoisotopic (exact) mass is 390 g/mol. The van der Waals surface area contributed by atoms with Gasteiger partial charge in [-0.1, -0.05) is 33.6 Å². The van der Waals surface area contributed by atoms with E-state index in [2.05, 4.69) is 26.1 Å². The number of hydrogen-bond donors (Lipinski definition) is 0. The molecule has 0 aliphatic heterocycles. The summed E-state index contributed by atoms with van der Waals surface area (Å²) in [6.45, 7) is 1.72. The SMILES string of the molecule is Cc1cccc(-c2nnc(COC(=O)c3ccc(Br)cc3F)o2)c1. The molecular formula is C17H12BrFN2O3. The Hall–Kier alpha value is -2.54. The summed E-state index contributed by atoms with van der Waals surface area (Å²) in [7, 11) is 0. The highest BCUT2D eigenvalue weighted by Gasteiger charge is 2.16. The van der Waals surface area contributed by atoms with Crippen molar-refractivity contribution in [2.45, 2.75) is 13.5 Å². The molecule has 0 N–H and O–H groups in total. The predicted octanol–water partition coefficient (Wildman–Crippen LogP) is 4.30. The van der Waals surface area contributed by atoms with E-state index in [1.807, 2.05) is 31.2 Å². The Bertz CT molecular complexity index is 895. The molecule has 24 heavy (non-hydrogen) atoms. The van der Waals surface area contributed by atoms with Crippen molar-refractivity contribution >= 4 is 21.9 Å². The number of nitrogens with zero attached hydrogens (tertiary/aromatic N) is 2. The number of esters is 1. The highest BCUT2D eigenvalue weighted by Crippen LogP contribution is 2.20. The van der Waals surface area contributed by atoms with Gasteiger partial charge >= 0.3 is 5.97 Å². The lowest BCUT2D eigenvalue weighted by Gasteiger charge is -2.03. The molecule has 0 aliphatic carbocycles. The van der Waals surface area contributed by atoms with Crippen LogP contribution < -0.4 is 0 Å². The molecule has 7 heteroatoms. The van der Waals surface area contributed by atoms with Crippen LogP contribution >= 0.6 is 15.9 Å². The van der Waals surface area contributed by atoms with Crippen LogP contribution in [0.15, 0.2) is 51.4 Å². The van der Waals surface area contributed by atoms with E-state index < -0.39 is 11.8 Å². The van der Waals surface area contributed by atoms with E-state index in [0.29, 0.717) is 10.4 Å². The maximum absolute atomic E-state index is 13.7. The Morgan fingerprint density at radius 3 is 2.83 bits per heavy atom. The van der Waals surface area contributed by atoms with Gasteiger partial charge in [0.25, 0.3) is 5.89 Å². The molecule has 0 amide bonds. The van der Waals surface area contributed by atoms with Gasteiger partial charge in [-0.3, -0.25) is 0 Å². The summed E-state index contributed by atoms with van der Waals surface area (Å²) in [5.41, 5.74) is 1.68. The van der Waals surface area contributed by atoms with Crippen LogP contribution in [0.2, 0.25) is 0 Å². The van der Waals surface area contributed by atoms with E-state index in [0.717, 1.165) is 11.1 Å². The van der Waals surface area contributed by atoms with Crippen LogP contribution in [0.3, 0.4) is 0 Å². The van der Waals surface area contributed by atoms with Gasteiger partial charge in [0.2, 0.25) is 5.89 Å². The minimum absolute atomic E-state index is 0.136. The van der Waals surface area contributed by atoms with E-state index in [-0.39, 0.29) is 18.1 Å². The number of carbonyl (C=O) groups excluding carboxylic acids is 1. The average molecular weight is 391 g/mol. The van der Waals surface area contributed by atoms with E-state index in [1.54, 1.807) is 6.07 Å². The lowest BCUT2D eigenvalue weighted by atomic mass is 10.1. The summed E-state index contributed by atoms with van der Waals surface area (Å²) in [5, 5.41) is 7.75. The largest absolute Gasteiger partial charge is 0.452 e. The minimum atomic E-state index is -0.796. The summed E-state index contributed by atoms with van der Waals surface area (Å²) < 4.78 is 24.7. The number of hydrogen-bond acceptors (Lipinski definition) is 5. The third kappa shape index (κ3) is 3.68. The summed E-state index contributed by atoms with van der Waals surface area (Å²) in [5.74, 6) is -0.993. The summed E-state index contributed by atoms with van der Waals surface area (Å²) >= 11 is 3.13. The second-order valence-electron chi connectivity index (χ2n) is 5.07. The lowest BCUT2D eigenvalue weighted by molar-refractivity contribution is 0.0433. The first-order valence-corrected chi connectivity index (χ1v) is 7.84. The van der Waals surface area contributed by atoms with Crippen molar-refractivity contribution in [3.05, 3.63) is 69.8 Å². The van der Waals surface area contributed by atoms with Gasteiger partial charge < -0.3 is 9.15 Å². The second-order valence-corrected chi connectivity index (χ2v) is 5.99. The third-order valence-electron chi connectivity index (χ3n) is 3.21. The van der Waals surface area contributed by atoms with Gasteiger partial charge in [0.05, 0.1) is 5.56 Å². The molecule has 3 rings (SSSR count). The van der Waals surface area contributed by atoms with Crippen molar-refractivity contribution in [1.29, 1.82) is 0 Å². The normalized spacial score (nSPS) is 10.6. The number of halogens is 2. The molecule has 2 aromatic carbocycles. The fraction of sp³-hybridized carbons (Fsp3) is 0.118. The van der Waals surface area contributed by atoms with Crippen LogP contribution in [-0.4, -0.2) is 16.2 Å². The Kier molecular flexibility index (Phi) is 4.71. The number of carbonyl (C=O) groups is 1. The second kappa shape index (κ2) is 6.92. The van der Waals surface area contributed by atoms with Gasteiger partial charge in [-0.25, -0.2) is 9.18 Å². The van der Waals surface area contributed by atoms with Gasteiger partial charge in [0.15, 0.2) is 6.61 Å². The van der Waals surface area contributed by atoms with Crippen molar-refractivity contribution in [2.75, 3.05) is 0 Å². The lowest BCUT2D eigenvalue weighted by Crippen LogP contribution is -2.07. The van der Waals surface area contributed by atoms with Crippen molar-refractivity contribution in [1.82, 2.24) is 10.2 Å². The van der Waals surface area contributed by atoms with Crippen molar-refractivity contribution in [2.24, 2.45) is 0 Å². The van der Waals surface area contributed by atoms with Crippen LogP contribution in [0, 0.1) is 12.7 Å². The maximum Gasteiger partial charge on any atom is 0.341 e. The molecular weight excluding hydrogens is 379 g/mol. The number of benzene rings is 2. The Morgan fingerprint density at radius 1 is 1.25 bits per heavy atom. The van der Waals surface area contributed by atoms with Crippen LogP contribution in [-0.2, 0) is 11.3 Å². The Morgan fingerprint density at radius 2 is 2.08 bits per heavy atom. The number of aryl methyl sites for hydroxylation is 1. The van der Waals surface area contributed by atoms with Crippen LogP contribution in [0.1, 0.15) is 21.8 Å². The fourth-order valence-electron chi connectivity index (χ4n) is 2.07. The summed E-state index contributed by atoms with van der Waals surface area (Å²) in [6.07, 6.45) is 0. The molecule has 0 saturated carbocycles. The zero-order valence-corrected chi connectivity index (χ0v) is 14.2. The number of rotatable bonds is 4. The molecule has 122 valence electrons. The first-order chi connectivity index (χ1) is 11.5. The first kappa shape index (κ1) is 16.3. The van der Waals surface area contributed by atoms with Gasteiger partial charge in [-0.05, 0) is 37.3 Å². The molecule has 0 radical (unpaired) electrons. The molecule has 3 aromatic rings. The number of aromatic nitrogens is 2. The van der Waals surface area contributed by atoms with Gasteiger partial charge in [0, 0.05) is 10.0 Å². The highest BCUT2D eigenvalue weighted by atomic mass is 79.9. The summed E-state index contributed by atoms with van der Waals surface area (Å²) in [4.78, 5) is 11.9. The van der Waals surface area contributed by atoms with Crippen LogP contribution in [0.4, 0.5) is 4.39 Å². The highest BCUT2D eigenvalue weighted by molar-refractivity contribution is 9.10. The van der Waals surface area contributed by atoms with E-state index >= 15 is 0 Å². The zero-order chi connectivity index (χ0) is 17.1. The van der Waals surface area contributed by atoms with E-state index in [9.17, 15) is 9.18 Å². The number of ether oxygens (including phenoxy) is 1. The molecule has 0 fully saturated rings. The molecule has 1 aromatic heterocycles. The van der Waals surface area contributed by atoms with Gasteiger partial charge in [-0.2, -0.15) is 0 Å². The quantitative estimate of drug-likeness (QED) is 0.621. The van der Waals surface area contributed by atoms with Crippen LogP contribution in [0.25, 0.3) is 11.5 Å². The van der Waals surface area contributed by atoms with E-state index in [1.165, 1.54) is 12.1 Å². The van der Waals surface area contributed by atoms with Gasteiger partial charge in [-0.15, -0.1) is 10.2 Å². The minimum Gasteiger partial charge on any atom is -0.452 e. The Balaban J connectivity index is 1.68. The van der Waals surface area contributed by atoms with E-state index in [4.69, 9.17) is 9.15 Å². The molecule has 0 bridgehead atoms. The molecule has 1 heterocycles. The molecule has 5 nitrogen and oxygen atoms in total. The fourth-order valence-corrected chi connectivity index (χ4v) is 2.40. The standard InChI is InChI=1S/C17H12BrFN2O3/c1-10-3-2-4-11(7-10)16-21-20-15(24-16)9-23-17(22)13-6-5-12(18)8-14(13)19/h2-8H,9H2,1H3. The molecule has 0 spiro atoms. The smallest absolute Gasteiger partial charge is 0.341 e. The predicted molar refractivity (Wildman–Crippen MR) is 87.7 cm³/mol. The molecule has 0 aliphatic rings. The molecule has 0 unspecified atom stereocenters. The Labute approximate surface area is 145 Å². The topological polar surface area (TPSA) is 65.2 Å². The molecule has 0 saturated heterocycles. The average Bonchev–Trinajstić information content (AvgIpc) is 3.01. The van der Waals surface area contributed by atoms with Crippen molar-refractivity contribution in [3.63, 3.8) is 0 Å². The summed E-state index contributed by atoms with van der Waals surface area (Å²) in [6, 6.07) is 11.7. The zero-order valence-electron chi connectivity index (χ0n) is 12.6. The molecule has 0 atom stereocenters. The van der Waals surface area contributed by atoms with Crippen molar-refractivity contribution in [3.8, 4) is 11.5 Å². The first-order valence-electron chi connectivity index (χ1n) is 7.04.